The van der Waals surface area contributed by atoms with Gasteiger partial charge in [0.25, 0.3) is 0 Å². The normalized spacial score (nSPS) is 28.8. The van der Waals surface area contributed by atoms with Gasteiger partial charge in [-0.2, -0.15) is 0 Å². The SMILES string of the molecule is CCC[C@H]1CC=CC[C@@H]1[N+](=O)[O-]. The molecule has 0 saturated carbocycles. The topological polar surface area (TPSA) is 43.1 Å². The van der Waals surface area contributed by atoms with Crippen LogP contribution in [0.15, 0.2) is 12.2 Å². The van der Waals surface area contributed by atoms with Gasteiger partial charge in [-0.05, 0) is 12.8 Å². The molecule has 0 unspecified atom stereocenters. The molecule has 0 fully saturated rings. The molecule has 12 heavy (non-hydrogen) atoms. The summed E-state index contributed by atoms with van der Waals surface area (Å²) in [6.07, 6.45) is 7.54. The van der Waals surface area contributed by atoms with Crippen LogP contribution in [0, 0.1) is 16.0 Å². The van der Waals surface area contributed by atoms with Gasteiger partial charge in [0.2, 0.25) is 6.04 Å². The van der Waals surface area contributed by atoms with Gasteiger partial charge in [0, 0.05) is 17.3 Å². The molecule has 0 saturated heterocycles. The second-order valence-electron chi connectivity index (χ2n) is 3.34. The maximum Gasteiger partial charge on any atom is 0.219 e. The van der Waals surface area contributed by atoms with Crippen LogP contribution in [0.3, 0.4) is 0 Å². The molecule has 0 radical (unpaired) electrons. The molecule has 3 heteroatoms. The van der Waals surface area contributed by atoms with Crippen molar-refractivity contribution in [2.45, 2.75) is 38.6 Å². The van der Waals surface area contributed by atoms with Crippen molar-refractivity contribution in [1.29, 1.82) is 0 Å². The largest absolute Gasteiger partial charge is 0.264 e. The van der Waals surface area contributed by atoms with Crippen LogP contribution >= 0.6 is 0 Å². The lowest BCUT2D eigenvalue weighted by atomic mass is 9.86. The maximum atomic E-state index is 10.6. The first-order chi connectivity index (χ1) is 5.75. The van der Waals surface area contributed by atoms with E-state index < -0.39 is 0 Å². The molecule has 0 N–H and O–H groups in total. The van der Waals surface area contributed by atoms with Crippen molar-refractivity contribution in [3.05, 3.63) is 22.3 Å². The lowest BCUT2D eigenvalue weighted by Gasteiger charge is -2.20. The molecule has 2 atom stereocenters. The second-order valence-corrected chi connectivity index (χ2v) is 3.34. The number of nitro groups is 1. The molecule has 0 aromatic rings. The molecule has 0 bridgehead atoms. The Morgan fingerprint density at radius 3 is 2.75 bits per heavy atom. The maximum absolute atomic E-state index is 10.6. The van der Waals surface area contributed by atoms with Crippen molar-refractivity contribution >= 4 is 0 Å². The summed E-state index contributed by atoms with van der Waals surface area (Å²) >= 11 is 0. The van der Waals surface area contributed by atoms with Gasteiger partial charge >= 0.3 is 0 Å². The van der Waals surface area contributed by atoms with Crippen molar-refractivity contribution in [3.63, 3.8) is 0 Å². The van der Waals surface area contributed by atoms with E-state index in [1.54, 1.807) is 0 Å². The first-order valence-electron chi connectivity index (χ1n) is 4.54. The quantitative estimate of drug-likeness (QED) is 0.370. The van der Waals surface area contributed by atoms with Gasteiger partial charge in [-0.3, -0.25) is 10.1 Å². The van der Waals surface area contributed by atoms with Crippen LogP contribution in [0.5, 0.6) is 0 Å². The minimum absolute atomic E-state index is 0.121. The van der Waals surface area contributed by atoms with E-state index in [1.807, 2.05) is 6.08 Å². The monoisotopic (exact) mass is 169 g/mol. The molecule has 0 aliphatic heterocycles. The highest BCUT2D eigenvalue weighted by molar-refractivity contribution is 4.94. The van der Waals surface area contributed by atoms with Gasteiger partial charge in [0.05, 0.1) is 0 Å². The first-order valence-corrected chi connectivity index (χ1v) is 4.54. The lowest BCUT2D eigenvalue weighted by Crippen LogP contribution is -2.30. The molecule has 0 spiro atoms. The molecule has 68 valence electrons. The summed E-state index contributed by atoms with van der Waals surface area (Å²) in [7, 11) is 0. The molecule has 1 aliphatic carbocycles. The Labute approximate surface area is 72.6 Å². The molecule has 3 nitrogen and oxygen atoms in total. The van der Waals surface area contributed by atoms with Crippen LogP contribution in [0.4, 0.5) is 0 Å². The lowest BCUT2D eigenvalue weighted by molar-refractivity contribution is -0.532. The smallest absolute Gasteiger partial charge is 0.219 e. The fourth-order valence-electron chi connectivity index (χ4n) is 1.80. The van der Waals surface area contributed by atoms with Crippen LogP contribution in [-0.2, 0) is 0 Å². The van der Waals surface area contributed by atoms with Crippen molar-refractivity contribution in [1.82, 2.24) is 0 Å². The molecule has 0 amide bonds. The van der Waals surface area contributed by atoms with Gasteiger partial charge in [-0.15, -0.1) is 0 Å². The highest BCUT2D eigenvalue weighted by atomic mass is 16.6. The van der Waals surface area contributed by atoms with E-state index in [2.05, 4.69) is 13.0 Å². The minimum Gasteiger partial charge on any atom is -0.264 e. The number of hydrogen-bond acceptors (Lipinski definition) is 2. The molecule has 1 rings (SSSR count). The third kappa shape index (κ3) is 2.06. The van der Waals surface area contributed by atoms with Gasteiger partial charge in [0.15, 0.2) is 0 Å². The van der Waals surface area contributed by atoms with Gasteiger partial charge < -0.3 is 0 Å². The third-order valence-electron chi connectivity index (χ3n) is 2.46. The Hall–Kier alpha value is -0.860. The molecule has 0 aromatic carbocycles. The minimum atomic E-state index is -0.324. The average Bonchev–Trinajstić information content (AvgIpc) is 2.05. The van der Waals surface area contributed by atoms with Crippen LogP contribution in [-0.4, -0.2) is 11.0 Å². The highest BCUT2D eigenvalue weighted by Gasteiger charge is 2.30. The predicted octanol–water partition coefficient (Wildman–Crippen LogP) is 2.40. The van der Waals surface area contributed by atoms with Crippen LogP contribution in [0.25, 0.3) is 0 Å². The zero-order valence-corrected chi connectivity index (χ0v) is 7.40. The van der Waals surface area contributed by atoms with Crippen molar-refractivity contribution in [2.24, 2.45) is 5.92 Å². The van der Waals surface area contributed by atoms with Gasteiger partial charge in [-0.1, -0.05) is 25.5 Å². The fraction of sp³-hybridized carbons (Fsp3) is 0.778. The summed E-state index contributed by atoms with van der Waals surface area (Å²) in [6.45, 7) is 2.08. The van der Waals surface area contributed by atoms with Crippen molar-refractivity contribution < 1.29 is 4.92 Å². The Kier molecular flexibility index (Phi) is 3.26. The van der Waals surface area contributed by atoms with Crippen LogP contribution in [0.1, 0.15) is 32.6 Å². The molecular formula is C9H15NO2. The molecule has 1 aliphatic rings. The third-order valence-corrected chi connectivity index (χ3v) is 2.46. The van der Waals surface area contributed by atoms with Crippen molar-refractivity contribution in [3.8, 4) is 0 Å². The summed E-state index contributed by atoms with van der Waals surface area (Å²) in [5.41, 5.74) is 0. The van der Waals surface area contributed by atoms with E-state index in [9.17, 15) is 10.1 Å². The number of rotatable bonds is 3. The van der Waals surface area contributed by atoms with E-state index in [-0.39, 0.29) is 16.9 Å². The zero-order valence-electron chi connectivity index (χ0n) is 7.40. The molecule has 0 aromatic heterocycles. The Balaban J connectivity index is 2.56. The second kappa shape index (κ2) is 4.24. The van der Waals surface area contributed by atoms with Crippen molar-refractivity contribution in [2.75, 3.05) is 0 Å². The molecular weight excluding hydrogens is 154 g/mol. The van der Waals surface area contributed by atoms with Crippen LogP contribution in [0.2, 0.25) is 0 Å². The van der Waals surface area contributed by atoms with E-state index in [0.717, 1.165) is 19.3 Å². The standard InChI is InChI=1S/C9H15NO2/c1-2-5-8-6-3-4-7-9(8)10(11)12/h3-4,8-9H,2,5-7H2,1H3/t8-,9-/m0/s1. The summed E-state index contributed by atoms with van der Waals surface area (Å²) in [6, 6.07) is -0.324. The Morgan fingerprint density at radius 2 is 2.17 bits per heavy atom. The fourth-order valence-corrected chi connectivity index (χ4v) is 1.80. The first kappa shape index (κ1) is 9.23. The zero-order chi connectivity index (χ0) is 8.97. The van der Waals surface area contributed by atoms with E-state index in [4.69, 9.17) is 0 Å². The number of nitrogens with zero attached hydrogens (tertiary/aromatic N) is 1. The summed E-state index contributed by atoms with van der Waals surface area (Å²) < 4.78 is 0. The summed E-state index contributed by atoms with van der Waals surface area (Å²) in [4.78, 5) is 10.5. The Bertz CT molecular complexity index is 189. The summed E-state index contributed by atoms with van der Waals surface area (Å²) in [5.74, 6) is 0.273. The van der Waals surface area contributed by atoms with Gasteiger partial charge in [0.1, 0.15) is 0 Å². The molecule has 0 heterocycles. The van der Waals surface area contributed by atoms with Gasteiger partial charge in [-0.25, -0.2) is 0 Å². The van der Waals surface area contributed by atoms with Crippen LogP contribution < -0.4 is 0 Å². The van der Waals surface area contributed by atoms with E-state index >= 15 is 0 Å². The van der Waals surface area contributed by atoms with E-state index in [1.165, 1.54) is 0 Å². The number of hydrogen-bond donors (Lipinski definition) is 0. The average molecular weight is 169 g/mol. The number of allylic oxidation sites excluding steroid dienone is 1. The van der Waals surface area contributed by atoms with E-state index in [0.29, 0.717) is 6.42 Å². The summed E-state index contributed by atoms with van der Waals surface area (Å²) in [5, 5.41) is 10.6. The predicted molar refractivity (Wildman–Crippen MR) is 47.6 cm³/mol. The Morgan fingerprint density at radius 1 is 1.50 bits per heavy atom. The highest BCUT2D eigenvalue weighted by Crippen LogP contribution is 2.25.